The quantitative estimate of drug-likeness (QED) is 0.522. The minimum atomic E-state index is -0.586. The number of phenolic OH excluding ortho intramolecular Hbond substituents is 1. The monoisotopic (exact) mass is 490 g/mol. The van der Waals surface area contributed by atoms with Crippen molar-refractivity contribution in [3.8, 4) is 34.0 Å². The summed E-state index contributed by atoms with van der Waals surface area (Å²) < 4.78 is 20.3. The molecule has 0 unspecified atom stereocenters. The van der Waals surface area contributed by atoms with Gasteiger partial charge in [0.2, 0.25) is 5.88 Å². The molecule has 9 heteroatoms. The van der Waals surface area contributed by atoms with Crippen LogP contribution < -0.4 is 15.0 Å². The number of hydrogen-bond acceptors (Lipinski definition) is 8. The molecule has 3 fully saturated rings. The number of aromatic nitrogens is 4. The summed E-state index contributed by atoms with van der Waals surface area (Å²) in [7, 11) is 1.48. The van der Waals surface area contributed by atoms with Crippen molar-refractivity contribution in [2.45, 2.75) is 75.5 Å². The van der Waals surface area contributed by atoms with Crippen molar-refractivity contribution in [1.82, 2.24) is 25.7 Å². The van der Waals surface area contributed by atoms with Gasteiger partial charge in [-0.25, -0.2) is 4.39 Å². The van der Waals surface area contributed by atoms with Crippen LogP contribution >= 0.6 is 0 Å². The number of rotatable bonds is 6. The van der Waals surface area contributed by atoms with Crippen molar-refractivity contribution >= 4 is 5.82 Å². The van der Waals surface area contributed by atoms with Crippen molar-refractivity contribution < 1.29 is 14.2 Å². The summed E-state index contributed by atoms with van der Waals surface area (Å²) in [4.78, 5) is 2.45. The molecule has 3 aromatic rings. The van der Waals surface area contributed by atoms with Gasteiger partial charge in [-0.2, -0.15) is 5.10 Å². The second kappa shape index (κ2) is 8.37. The van der Waals surface area contributed by atoms with Gasteiger partial charge in [0, 0.05) is 34.8 Å². The molecule has 0 radical (unpaired) electrons. The van der Waals surface area contributed by atoms with E-state index < -0.39 is 5.82 Å². The van der Waals surface area contributed by atoms with Crippen molar-refractivity contribution in [1.29, 1.82) is 0 Å². The predicted octanol–water partition coefficient (Wildman–Crippen LogP) is 4.49. The number of phenols is 1. The van der Waals surface area contributed by atoms with Crippen molar-refractivity contribution in [3.63, 3.8) is 0 Å². The number of fused-ring (bicyclic) bond motifs is 2. The summed E-state index contributed by atoms with van der Waals surface area (Å²) in [5.41, 5.74) is 1.69. The molecule has 6 rings (SSSR count). The summed E-state index contributed by atoms with van der Waals surface area (Å²) in [6.45, 7) is 4.66. The molecule has 8 nitrogen and oxygen atoms in total. The van der Waals surface area contributed by atoms with Crippen LogP contribution in [0.15, 0.2) is 36.5 Å². The van der Waals surface area contributed by atoms with E-state index in [9.17, 15) is 5.11 Å². The average Bonchev–Trinajstić information content (AvgIpc) is 3.65. The number of nitrogens with one attached hydrogen (secondary N) is 1. The van der Waals surface area contributed by atoms with Gasteiger partial charge in [0.25, 0.3) is 0 Å². The number of halogens is 1. The van der Waals surface area contributed by atoms with Gasteiger partial charge in [-0.3, -0.25) is 0 Å². The first-order chi connectivity index (χ1) is 17.3. The van der Waals surface area contributed by atoms with Crippen LogP contribution in [0.3, 0.4) is 0 Å². The highest BCUT2D eigenvalue weighted by Crippen LogP contribution is 2.46. The highest BCUT2D eigenvalue weighted by molar-refractivity contribution is 5.75. The number of piperidine rings is 1. The lowest BCUT2D eigenvalue weighted by Gasteiger charge is -2.46. The fourth-order valence-corrected chi connectivity index (χ4v) is 6.26. The summed E-state index contributed by atoms with van der Waals surface area (Å²) in [6.07, 6.45) is 8.35. The maximum Gasteiger partial charge on any atom is 0.233 e. The molecule has 1 saturated carbocycles. The Kier molecular flexibility index (Phi) is 5.37. The van der Waals surface area contributed by atoms with Crippen LogP contribution in [0.1, 0.15) is 52.4 Å². The Morgan fingerprint density at radius 2 is 1.75 bits per heavy atom. The van der Waals surface area contributed by atoms with Gasteiger partial charge < -0.3 is 20.1 Å². The molecule has 4 heterocycles. The molecule has 2 saturated heterocycles. The van der Waals surface area contributed by atoms with E-state index in [1.165, 1.54) is 38.3 Å². The zero-order chi connectivity index (χ0) is 25.1. The van der Waals surface area contributed by atoms with Crippen LogP contribution in [0.2, 0.25) is 0 Å². The minimum absolute atomic E-state index is 0.0321. The number of aromatic hydroxyl groups is 1. The van der Waals surface area contributed by atoms with Crippen molar-refractivity contribution in [3.05, 3.63) is 42.3 Å². The van der Waals surface area contributed by atoms with Gasteiger partial charge >= 0.3 is 0 Å². The Balaban J connectivity index is 1.29. The highest BCUT2D eigenvalue weighted by Gasteiger charge is 2.51. The Bertz CT molecular complexity index is 1260. The fraction of sp³-hybridized carbons (Fsp3) is 0.481. The average molecular weight is 491 g/mol. The van der Waals surface area contributed by atoms with Gasteiger partial charge in [-0.05, 0) is 82.2 Å². The van der Waals surface area contributed by atoms with Crippen LogP contribution in [0.4, 0.5) is 10.2 Å². The lowest BCUT2D eigenvalue weighted by Crippen LogP contribution is -2.59. The first-order valence-electron chi connectivity index (χ1n) is 12.6. The van der Waals surface area contributed by atoms with Gasteiger partial charge in [-0.1, -0.05) is 0 Å². The number of nitrogens with zero attached hydrogens (tertiary/aromatic N) is 5. The highest BCUT2D eigenvalue weighted by atomic mass is 19.1. The Hall–Kier alpha value is -3.33. The van der Waals surface area contributed by atoms with E-state index in [2.05, 4.69) is 44.5 Å². The van der Waals surface area contributed by atoms with E-state index in [1.54, 1.807) is 12.1 Å². The van der Waals surface area contributed by atoms with Crippen LogP contribution in [0, 0.1) is 5.82 Å². The first kappa shape index (κ1) is 23.1. The van der Waals surface area contributed by atoms with Gasteiger partial charge in [0.1, 0.15) is 11.6 Å². The van der Waals surface area contributed by atoms with E-state index in [1.807, 2.05) is 6.07 Å². The summed E-state index contributed by atoms with van der Waals surface area (Å²) in [5.74, 6) is 0.337. The Morgan fingerprint density at radius 3 is 2.36 bits per heavy atom. The Morgan fingerprint density at radius 1 is 1.00 bits per heavy atom. The molecule has 1 aromatic carbocycles. The fourth-order valence-electron chi connectivity index (χ4n) is 6.26. The van der Waals surface area contributed by atoms with E-state index in [0.29, 0.717) is 34.8 Å². The SMILES string of the molecule is COc1cc(-c2cc(O)c(-c3ccc(N(C4CC4)[C@@H]4C[C@]5(C)CC[C@](C)(C4)N5)nn3)c(F)c2)cnn1. The normalized spacial score (nSPS) is 27.2. The second-order valence-corrected chi connectivity index (χ2v) is 11.1. The molecule has 1 aliphatic carbocycles. The summed E-state index contributed by atoms with van der Waals surface area (Å²) >= 11 is 0. The molecule has 188 valence electrons. The second-order valence-electron chi connectivity index (χ2n) is 11.1. The molecule has 2 bridgehead atoms. The summed E-state index contributed by atoms with van der Waals surface area (Å²) in [6, 6.07) is 9.03. The van der Waals surface area contributed by atoms with Crippen LogP contribution in [-0.2, 0) is 0 Å². The molecule has 0 spiro atoms. The molecule has 3 aliphatic rings. The van der Waals surface area contributed by atoms with Crippen LogP contribution in [0.25, 0.3) is 22.4 Å². The van der Waals surface area contributed by atoms with E-state index in [4.69, 9.17) is 4.74 Å². The smallest absolute Gasteiger partial charge is 0.233 e. The van der Waals surface area contributed by atoms with Crippen LogP contribution in [-0.4, -0.2) is 55.8 Å². The van der Waals surface area contributed by atoms with E-state index >= 15 is 4.39 Å². The number of anilines is 1. The molecule has 2 aromatic heterocycles. The van der Waals surface area contributed by atoms with Gasteiger partial charge in [-0.15, -0.1) is 15.3 Å². The summed E-state index contributed by atoms with van der Waals surface area (Å²) in [5, 5.41) is 31.2. The molecular weight excluding hydrogens is 459 g/mol. The lowest BCUT2D eigenvalue weighted by atomic mass is 9.84. The molecule has 3 atom stereocenters. The zero-order valence-electron chi connectivity index (χ0n) is 20.8. The van der Waals surface area contributed by atoms with E-state index in [0.717, 1.165) is 31.5 Å². The minimum Gasteiger partial charge on any atom is -0.507 e. The number of ether oxygens (including phenoxy) is 1. The molecular formula is C27H31FN6O2. The third-order valence-electron chi connectivity index (χ3n) is 7.95. The van der Waals surface area contributed by atoms with E-state index in [-0.39, 0.29) is 22.4 Å². The molecule has 0 amide bonds. The van der Waals surface area contributed by atoms with Gasteiger partial charge in [0.15, 0.2) is 5.82 Å². The topological polar surface area (TPSA) is 96.3 Å². The van der Waals surface area contributed by atoms with Gasteiger partial charge in [0.05, 0.1) is 24.6 Å². The third-order valence-corrected chi connectivity index (χ3v) is 7.95. The number of methoxy groups -OCH3 is 1. The first-order valence-corrected chi connectivity index (χ1v) is 12.6. The maximum absolute atomic E-state index is 15.2. The zero-order valence-corrected chi connectivity index (χ0v) is 20.8. The maximum atomic E-state index is 15.2. The Labute approximate surface area is 209 Å². The standard InChI is InChI=1S/C27H31FN6O2/c1-26-8-9-27(2,33-26)14-19(13-26)34(18-4-5-18)23-7-6-21(30-31-23)25-20(28)10-16(11-22(25)35)17-12-24(36-3)32-29-15-17/h6-7,10-12,15,18-19,33,35H,4-5,8-9,13-14H2,1-3H3/t19-,26+,27-. The largest absolute Gasteiger partial charge is 0.507 e. The third kappa shape index (κ3) is 4.15. The van der Waals surface area contributed by atoms with Crippen LogP contribution in [0.5, 0.6) is 11.6 Å². The molecule has 2 aliphatic heterocycles. The lowest BCUT2D eigenvalue weighted by molar-refractivity contribution is 0.203. The molecule has 2 N–H and O–H groups in total. The number of hydrogen-bond donors (Lipinski definition) is 2. The van der Waals surface area contributed by atoms with Crippen molar-refractivity contribution in [2.75, 3.05) is 12.0 Å². The molecule has 36 heavy (non-hydrogen) atoms. The number of benzene rings is 1. The van der Waals surface area contributed by atoms with Crippen molar-refractivity contribution in [2.24, 2.45) is 0 Å². The predicted molar refractivity (Wildman–Crippen MR) is 134 cm³/mol.